The Kier molecular flexibility index (Phi) is 4.85. The van der Waals surface area contributed by atoms with E-state index in [2.05, 4.69) is 9.71 Å². The van der Waals surface area contributed by atoms with E-state index >= 15 is 0 Å². The van der Waals surface area contributed by atoms with Crippen LogP contribution >= 0.6 is 11.3 Å². The third-order valence-corrected chi connectivity index (χ3v) is 5.06. The highest BCUT2D eigenvalue weighted by Crippen LogP contribution is 2.13. The summed E-state index contributed by atoms with van der Waals surface area (Å²) < 4.78 is 25.5. The van der Waals surface area contributed by atoms with Gasteiger partial charge in [0.25, 0.3) is 0 Å². The zero-order valence-electron chi connectivity index (χ0n) is 9.30. The van der Waals surface area contributed by atoms with Gasteiger partial charge in [0.2, 0.25) is 10.0 Å². The van der Waals surface area contributed by atoms with Crippen LogP contribution in [0.1, 0.15) is 23.7 Å². The van der Waals surface area contributed by atoms with Gasteiger partial charge in [0.05, 0.1) is 18.4 Å². The molecule has 1 heterocycles. The predicted molar refractivity (Wildman–Crippen MR) is 63.8 cm³/mol. The Balaban J connectivity index is 2.57. The zero-order chi connectivity index (χ0) is 12.2. The third-order valence-electron chi connectivity index (χ3n) is 2.16. The van der Waals surface area contributed by atoms with Crippen molar-refractivity contribution in [3.63, 3.8) is 0 Å². The summed E-state index contributed by atoms with van der Waals surface area (Å²) in [6.45, 7) is 3.29. The first-order chi connectivity index (χ1) is 7.49. The fourth-order valence-electron chi connectivity index (χ4n) is 0.996. The highest BCUT2D eigenvalue weighted by molar-refractivity contribution is 7.90. The summed E-state index contributed by atoms with van der Waals surface area (Å²) in [7, 11) is -3.44. The van der Waals surface area contributed by atoms with Crippen molar-refractivity contribution in [1.82, 2.24) is 9.71 Å². The molecule has 0 fully saturated rings. The number of aliphatic hydroxyl groups excluding tert-OH is 1. The maximum Gasteiger partial charge on any atom is 0.216 e. The van der Waals surface area contributed by atoms with Gasteiger partial charge >= 0.3 is 0 Å². The Morgan fingerprint density at radius 3 is 2.81 bits per heavy atom. The second-order valence-corrected chi connectivity index (χ2v) is 6.82. The lowest BCUT2D eigenvalue weighted by atomic mass is 10.4. The number of hydrogen-bond donors (Lipinski definition) is 2. The molecule has 1 aromatic rings. The van der Waals surface area contributed by atoms with E-state index < -0.39 is 15.3 Å². The van der Waals surface area contributed by atoms with Gasteiger partial charge in [-0.15, -0.1) is 11.3 Å². The number of nitrogens with zero attached hydrogens (tertiary/aromatic N) is 1. The quantitative estimate of drug-likeness (QED) is 0.784. The van der Waals surface area contributed by atoms with E-state index in [-0.39, 0.29) is 13.2 Å². The summed E-state index contributed by atoms with van der Waals surface area (Å²) >= 11 is 1.49. The van der Waals surface area contributed by atoms with E-state index in [9.17, 15) is 8.42 Å². The van der Waals surface area contributed by atoms with E-state index in [1.54, 1.807) is 6.20 Å². The van der Waals surface area contributed by atoms with Crippen LogP contribution in [0.25, 0.3) is 0 Å². The maximum absolute atomic E-state index is 11.5. The van der Waals surface area contributed by atoms with Gasteiger partial charge in [-0.3, -0.25) is 0 Å². The van der Waals surface area contributed by atoms with Crippen LogP contribution in [-0.2, 0) is 23.0 Å². The van der Waals surface area contributed by atoms with Gasteiger partial charge in [-0.05, 0) is 13.3 Å². The van der Waals surface area contributed by atoms with Gasteiger partial charge in [-0.1, -0.05) is 6.92 Å². The van der Waals surface area contributed by atoms with E-state index in [0.29, 0.717) is 0 Å². The Hall–Kier alpha value is -0.500. The van der Waals surface area contributed by atoms with E-state index in [1.807, 2.05) is 6.92 Å². The molecule has 16 heavy (non-hydrogen) atoms. The summed E-state index contributed by atoms with van der Waals surface area (Å²) in [5.41, 5.74) is 0. The zero-order valence-corrected chi connectivity index (χ0v) is 10.9. The van der Waals surface area contributed by atoms with Crippen molar-refractivity contribution < 1.29 is 13.5 Å². The SMILES string of the molecule is CCc1cnc(CNS(=O)(=O)C(C)CO)s1. The number of aliphatic hydroxyl groups is 1. The Morgan fingerprint density at radius 2 is 2.31 bits per heavy atom. The lowest BCUT2D eigenvalue weighted by Gasteiger charge is -2.09. The van der Waals surface area contributed by atoms with E-state index in [4.69, 9.17) is 5.11 Å². The van der Waals surface area contributed by atoms with Crippen LogP contribution in [0.2, 0.25) is 0 Å². The molecule has 1 rings (SSSR count). The average molecular weight is 264 g/mol. The van der Waals surface area contributed by atoms with Gasteiger partial charge in [0.15, 0.2) is 0 Å². The summed E-state index contributed by atoms with van der Waals surface area (Å²) in [5.74, 6) is 0. The molecule has 0 aliphatic rings. The fraction of sp³-hybridized carbons (Fsp3) is 0.667. The van der Waals surface area contributed by atoms with Crippen molar-refractivity contribution in [1.29, 1.82) is 0 Å². The Labute approximate surface area is 99.6 Å². The molecule has 1 unspecified atom stereocenters. The smallest absolute Gasteiger partial charge is 0.216 e. The molecule has 1 atom stereocenters. The standard InChI is InChI=1S/C9H16N2O3S2/c1-3-8-4-10-9(15-8)5-11-16(13,14)7(2)6-12/h4,7,11-12H,3,5-6H2,1-2H3. The van der Waals surface area contributed by atoms with Crippen LogP contribution in [0.15, 0.2) is 6.20 Å². The molecule has 5 nitrogen and oxygen atoms in total. The number of nitrogens with one attached hydrogen (secondary N) is 1. The number of aryl methyl sites for hydroxylation is 1. The molecule has 0 saturated carbocycles. The predicted octanol–water partition coefficient (Wildman–Crippen LogP) is 0.506. The summed E-state index contributed by atoms with van der Waals surface area (Å²) in [4.78, 5) is 5.23. The molecule has 0 aromatic carbocycles. The van der Waals surface area contributed by atoms with Crippen LogP contribution in [0, 0.1) is 0 Å². The van der Waals surface area contributed by atoms with Crippen molar-refractivity contribution in [3.05, 3.63) is 16.1 Å². The number of thiazole rings is 1. The molecule has 0 aliphatic carbocycles. The third kappa shape index (κ3) is 3.51. The minimum atomic E-state index is -3.44. The van der Waals surface area contributed by atoms with Crippen LogP contribution in [0.3, 0.4) is 0 Å². The number of aromatic nitrogens is 1. The van der Waals surface area contributed by atoms with Crippen molar-refractivity contribution in [2.45, 2.75) is 32.1 Å². The summed E-state index contributed by atoms with van der Waals surface area (Å²) in [5, 5.41) is 8.73. The monoisotopic (exact) mass is 264 g/mol. The molecular formula is C9H16N2O3S2. The minimum absolute atomic E-state index is 0.192. The van der Waals surface area contributed by atoms with Gasteiger partial charge in [-0.25, -0.2) is 18.1 Å². The first-order valence-electron chi connectivity index (χ1n) is 5.02. The Morgan fingerprint density at radius 1 is 1.62 bits per heavy atom. The average Bonchev–Trinajstić information content (AvgIpc) is 2.73. The molecule has 0 aliphatic heterocycles. The number of rotatable bonds is 6. The highest BCUT2D eigenvalue weighted by atomic mass is 32.2. The van der Waals surface area contributed by atoms with Crippen molar-refractivity contribution >= 4 is 21.4 Å². The topological polar surface area (TPSA) is 79.3 Å². The largest absolute Gasteiger partial charge is 0.395 e. The normalized spacial score (nSPS) is 13.9. The molecular weight excluding hydrogens is 248 g/mol. The van der Waals surface area contributed by atoms with Crippen LogP contribution in [0.5, 0.6) is 0 Å². The minimum Gasteiger partial charge on any atom is -0.395 e. The second kappa shape index (κ2) is 5.72. The first-order valence-corrected chi connectivity index (χ1v) is 7.38. The lowest BCUT2D eigenvalue weighted by Crippen LogP contribution is -2.34. The Bertz CT molecular complexity index is 428. The highest BCUT2D eigenvalue weighted by Gasteiger charge is 2.19. The van der Waals surface area contributed by atoms with Gasteiger partial charge < -0.3 is 5.11 Å². The number of hydrogen-bond acceptors (Lipinski definition) is 5. The van der Waals surface area contributed by atoms with Crippen molar-refractivity contribution in [3.8, 4) is 0 Å². The summed E-state index contributed by atoms with van der Waals surface area (Å²) in [6, 6.07) is 0. The van der Waals surface area contributed by atoms with Crippen molar-refractivity contribution in [2.75, 3.05) is 6.61 Å². The number of sulfonamides is 1. The molecule has 1 aromatic heterocycles. The molecule has 7 heteroatoms. The van der Waals surface area contributed by atoms with Crippen LogP contribution in [-0.4, -0.2) is 30.4 Å². The van der Waals surface area contributed by atoms with Crippen LogP contribution in [0.4, 0.5) is 0 Å². The molecule has 92 valence electrons. The lowest BCUT2D eigenvalue weighted by molar-refractivity contribution is 0.294. The van der Waals surface area contributed by atoms with Gasteiger partial charge in [0, 0.05) is 11.1 Å². The van der Waals surface area contributed by atoms with Gasteiger partial charge in [0.1, 0.15) is 5.01 Å². The molecule has 2 N–H and O–H groups in total. The van der Waals surface area contributed by atoms with Crippen molar-refractivity contribution in [2.24, 2.45) is 0 Å². The molecule has 0 radical (unpaired) electrons. The van der Waals surface area contributed by atoms with Crippen LogP contribution < -0.4 is 4.72 Å². The van der Waals surface area contributed by atoms with Gasteiger partial charge in [-0.2, -0.15) is 0 Å². The molecule has 0 saturated heterocycles. The molecule has 0 amide bonds. The molecule has 0 bridgehead atoms. The maximum atomic E-state index is 11.5. The first kappa shape index (κ1) is 13.6. The fourth-order valence-corrected chi connectivity index (χ4v) is 2.71. The second-order valence-electron chi connectivity index (χ2n) is 3.43. The summed E-state index contributed by atoms with van der Waals surface area (Å²) in [6.07, 6.45) is 2.65. The van der Waals surface area contributed by atoms with E-state index in [1.165, 1.54) is 18.3 Å². The molecule has 0 spiro atoms. The van der Waals surface area contributed by atoms with E-state index in [0.717, 1.165) is 16.3 Å².